The maximum Gasteiger partial charge on any atom is 0.259 e. The van der Waals surface area contributed by atoms with Crippen molar-refractivity contribution < 1.29 is 15.9 Å². The molecule has 0 saturated carbocycles. The molecular formula is C12H19N9O+2. The van der Waals surface area contributed by atoms with Crippen molar-refractivity contribution in [3.05, 3.63) is 18.4 Å². The molecule has 0 aliphatic carbocycles. The van der Waals surface area contributed by atoms with E-state index in [0.29, 0.717) is 42.3 Å². The molecule has 3 rings (SSSR count). The number of nitrogens with zero attached hydrogens (tertiary/aromatic N) is 5. The topological polar surface area (TPSA) is 148 Å². The van der Waals surface area contributed by atoms with Crippen molar-refractivity contribution >= 4 is 17.7 Å². The Hall–Kier alpha value is -2.72. The number of quaternary nitrogens is 2. The first-order chi connectivity index (χ1) is 10.8. The zero-order valence-electron chi connectivity index (χ0n) is 12.1. The predicted molar refractivity (Wildman–Crippen MR) is 78.8 cm³/mol. The van der Waals surface area contributed by atoms with Crippen molar-refractivity contribution in [2.24, 2.45) is 0 Å². The van der Waals surface area contributed by atoms with Gasteiger partial charge in [-0.3, -0.25) is 0 Å². The SMILES string of the molecule is [NH3+]CCNc1nc(NCC[NH3+])n2nc(-c3ccco3)nc2n1. The van der Waals surface area contributed by atoms with Crippen LogP contribution in [0.15, 0.2) is 22.8 Å². The van der Waals surface area contributed by atoms with E-state index in [4.69, 9.17) is 4.42 Å². The molecule has 22 heavy (non-hydrogen) atoms. The van der Waals surface area contributed by atoms with Crippen molar-refractivity contribution in [1.82, 2.24) is 24.6 Å². The average molecular weight is 305 g/mol. The van der Waals surface area contributed by atoms with Crippen molar-refractivity contribution in [3.63, 3.8) is 0 Å². The van der Waals surface area contributed by atoms with Crippen LogP contribution in [0.3, 0.4) is 0 Å². The lowest BCUT2D eigenvalue weighted by molar-refractivity contribution is -0.363. The molecule has 0 atom stereocenters. The molecule has 0 aliphatic rings. The van der Waals surface area contributed by atoms with Crippen LogP contribution in [0, 0.1) is 0 Å². The van der Waals surface area contributed by atoms with E-state index >= 15 is 0 Å². The van der Waals surface area contributed by atoms with Gasteiger partial charge in [0.2, 0.25) is 17.7 Å². The Balaban J connectivity index is 2.03. The highest BCUT2D eigenvalue weighted by atomic mass is 16.3. The maximum atomic E-state index is 5.32. The number of hydrogen-bond donors (Lipinski definition) is 4. The van der Waals surface area contributed by atoms with Gasteiger partial charge in [-0.15, -0.1) is 5.10 Å². The first-order valence-corrected chi connectivity index (χ1v) is 7.06. The minimum atomic E-state index is 0.444. The van der Waals surface area contributed by atoms with Gasteiger partial charge in [0.25, 0.3) is 5.78 Å². The Morgan fingerprint density at radius 3 is 2.64 bits per heavy atom. The van der Waals surface area contributed by atoms with Crippen LogP contribution in [0.5, 0.6) is 0 Å². The molecule has 0 aliphatic heterocycles. The zero-order chi connectivity index (χ0) is 15.4. The van der Waals surface area contributed by atoms with Gasteiger partial charge in [-0.05, 0) is 12.1 Å². The highest BCUT2D eigenvalue weighted by Gasteiger charge is 2.15. The van der Waals surface area contributed by atoms with Crippen LogP contribution >= 0.6 is 0 Å². The smallest absolute Gasteiger partial charge is 0.259 e. The van der Waals surface area contributed by atoms with E-state index in [-0.39, 0.29) is 0 Å². The fraction of sp³-hybridized carbons (Fsp3) is 0.333. The average Bonchev–Trinajstić information content (AvgIpc) is 3.18. The van der Waals surface area contributed by atoms with Crippen molar-refractivity contribution in [2.45, 2.75) is 0 Å². The zero-order valence-corrected chi connectivity index (χ0v) is 12.1. The summed E-state index contributed by atoms with van der Waals surface area (Å²) in [5.74, 6) is 2.54. The summed E-state index contributed by atoms with van der Waals surface area (Å²) >= 11 is 0. The Morgan fingerprint density at radius 2 is 1.91 bits per heavy atom. The third kappa shape index (κ3) is 2.82. The van der Waals surface area contributed by atoms with Crippen molar-refractivity contribution in [1.29, 1.82) is 0 Å². The van der Waals surface area contributed by atoms with Gasteiger partial charge in [-0.1, -0.05) is 0 Å². The molecule has 0 saturated heterocycles. The summed E-state index contributed by atoms with van der Waals surface area (Å²) in [5, 5.41) is 10.7. The minimum absolute atomic E-state index is 0.444. The van der Waals surface area contributed by atoms with Crippen LogP contribution in [0.4, 0.5) is 11.9 Å². The highest BCUT2D eigenvalue weighted by molar-refractivity contribution is 5.53. The molecular weight excluding hydrogens is 286 g/mol. The summed E-state index contributed by atoms with van der Waals surface area (Å²) in [5.41, 5.74) is 7.59. The fourth-order valence-electron chi connectivity index (χ4n) is 1.89. The van der Waals surface area contributed by atoms with Gasteiger partial charge in [0.1, 0.15) is 0 Å². The largest absolute Gasteiger partial charge is 0.461 e. The number of hydrogen-bond acceptors (Lipinski definition) is 7. The monoisotopic (exact) mass is 305 g/mol. The van der Waals surface area contributed by atoms with E-state index in [1.807, 2.05) is 0 Å². The normalized spacial score (nSPS) is 11.0. The lowest BCUT2D eigenvalue weighted by Crippen LogP contribution is -2.53. The molecule has 3 aromatic heterocycles. The predicted octanol–water partition coefficient (Wildman–Crippen LogP) is -1.91. The van der Waals surface area contributed by atoms with Gasteiger partial charge in [0.05, 0.1) is 32.4 Å². The Morgan fingerprint density at radius 1 is 1.09 bits per heavy atom. The summed E-state index contributed by atoms with van der Waals surface area (Å²) < 4.78 is 6.88. The van der Waals surface area contributed by atoms with E-state index in [2.05, 4.69) is 42.2 Å². The van der Waals surface area contributed by atoms with E-state index in [9.17, 15) is 0 Å². The highest BCUT2D eigenvalue weighted by Crippen LogP contribution is 2.18. The van der Waals surface area contributed by atoms with Gasteiger partial charge in [0.15, 0.2) is 5.76 Å². The van der Waals surface area contributed by atoms with Crippen LogP contribution in [-0.4, -0.2) is 50.7 Å². The van der Waals surface area contributed by atoms with Gasteiger partial charge in [0, 0.05) is 0 Å². The molecule has 0 unspecified atom stereocenters. The molecule has 10 heteroatoms. The van der Waals surface area contributed by atoms with Crippen molar-refractivity contribution in [3.8, 4) is 11.6 Å². The number of furan rings is 1. The lowest BCUT2D eigenvalue weighted by Gasteiger charge is -2.07. The molecule has 10 nitrogen and oxygen atoms in total. The van der Waals surface area contributed by atoms with Gasteiger partial charge >= 0.3 is 0 Å². The maximum absolute atomic E-state index is 5.32. The van der Waals surface area contributed by atoms with E-state index in [0.717, 1.165) is 13.1 Å². The molecule has 0 amide bonds. The summed E-state index contributed by atoms with van der Waals surface area (Å²) in [6, 6.07) is 3.59. The standard InChI is InChI=1S/C12H17N9O/c13-3-5-15-10-18-11(16-6-4-14)21-12(19-10)17-9(20-21)8-2-1-7-22-8/h1-2,7H,3-6,13-14H2,(H2,15,16,17,18,19,20)/p+2. The van der Waals surface area contributed by atoms with Gasteiger partial charge in [-0.25, -0.2) is 0 Å². The summed E-state index contributed by atoms with van der Waals surface area (Å²) in [6.07, 6.45) is 1.58. The van der Waals surface area contributed by atoms with Crippen LogP contribution in [0.2, 0.25) is 0 Å². The fourth-order valence-corrected chi connectivity index (χ4v) is 1.89. The molecule has 0 fully saturated rings. The van der Waals surface area contributed by atoms with E-state index < -0.39 is 0 Å². The first-order valence-electron chi connectivity index (χ1n) is 7.06. The minimum Gasteiger partial charge on any atom is -0.461 e. The van der Waals surface area contributed by atoms with Crippen LogP contribution in [0.25, 0.3) is 17.4 Å². The Kier molecular flexibility index (Phi) is 4.12. The third-order valence-corrected chi connectivity index (χ3v) is 2.87. The summed E-state index contributed by atoms with van der Waals surface area (Å²) in [6.45, 7) is 2.83. The molecule has 0 radical (unpaired) electrons. The molecule has 8 N–H and O–H groups in total. The Bertz CT molecular complexity index is 736. The van der Waals surface area contributed by atoms with Crippen LogP contribution in [-0.2, 0) is 0 Å². The second-order valence-corrected chi connectivity index (χ2v) is 4.56. The molecule has 0 spiro atoms. The molecule has 116 valence electrons. The van der Waals surface area contributed by atoms with Gasteiger partial charge < -0.3 is 26.5 Å². The second kappa shape index (κ2) is 6.37. The van der Waals surface area contributed by atoms with Crippen molar-refractivity contribution in [2.75, 3.05) is 36.8 Å². The number of aromatic nitrogens is 5. The quantitative estimate of drug-likeness (QED) is 0.398. The molecule has 0 aromatic carbocycles. The van der Waals surface area contributed by atoms with Gasteiger partial charge in [-0.2, -0.15) is 19.5 Å². The lowest BCUT2D eigenvalue weighted by atomic mass is 10.4. The summed E-state index contributed by atoms with van der Waals surface area (Å²) in [7, 11) is 0. The molecule has 3 heterocycles. The number of fused-ring (bicyclic) bond motifs is 1. The molecule has 0 bridgehead atoms. The van der Waals surface area contributed by atoms with Crippen LogP contribution in [0.1, 0.15) is 0 Å². The second-order valence-electron chi connectivity index (χ2n) is 4.56. The van der Waals surface area contributed by atoms with E-state index in [1.54, 1.807) is 22.9 Å². The summed E-state index contributed by atoms with van der Waals surface area (Å²) in [4.78, 5) is 13.2. The molecule has 3 aromatic rings. The third-order valence-electron chi connectivity index (χ3n) is 2.87. The van der Waals surface area contributed by atoms with E-state index in [1.165, 1.54) is 0 Å². The number of nitrogens with one attached hydrogen (secondary N) is 2. The Labute approximate surface area is 125 Å². The number of rotatable bonds is 7. The first kappa shape index (κ1) is 14.2. The van der Waals surface area contributed by atoms with Crippen LogP contribution < -0.4 is 22.1 Å². The number of anilines is 2.